The number of benzene rings is 1. The van der Waals surface area contributed by atoms with Crippen molar-refractivity contribution >= 4 is 17.4 Å². The Balaban J connectivity index is 1.98. The fraction of sp³-hybridized carbons (Fsp3) is 0.538. The van der Waals surface area contributed by atoms with E-state index >= 15 is 0 Å². The van der Waals surface area contributed by atoms with Crippen LogP contribution in [0.4, 0.5) is 10.1 Å². The number of rotatable bonds is 5. The first-order chi connectivity index (χ1) is 8.29. The second-order valence-electron chi connectivity index (χ2n) is 4.18. The summed E-state index contributed by atoms with van der Waals surface area (Å²) in [4.78, 5) is 0. The molecule has 1 aromatic carbocycles. The average Bonchev–Trinajstić information content (AvgIpc) is 2.81. The van der Waals surface area contributed by atoms with E-state index in [0.717, 1.165) is 18.2 Å². The van der Waals surface area contributed by atoms with E-state index in [4.69, 9.17) is 4.74 Å². The Labute approximate surface area is 106 Å². The van der Waals surface area contributed by atoms with Crippen LogP contribution >= 0.6 is 11.8 Å². The highest BCUT2D eigenvalue weighted by Crippen LogP contribution is 2.28. The van der Waals surface area contributed by atoms with Gasteiger partial charge in [-0.1, -0.05) is 0 Å². The topological polar surface area (TPSA) is 21.3 Å². The van der Waals surface area contributed by atoms with Crippen LogP contribution in [0.3, 0.4) is 0 Å². The highest BCUT2D eigenvalue weighted by Gasteiger charge is 2.15. The van der Waals surface area contributed by atoms with Gasteiger partial charge < -0.3 is 10.1 Å². The van der Waals surface area contributed by atoms with Gasteiger partial charge >= 0.3 is 0 Å². The Morgan fingerprint density at radius 1 is 1.53 bits per heavy atom. The highest BCUT2D eigenvalue weighted by molar-refractivity contribution is 7.99. The Morgan fingerprint density at radius 3 is 3.12 bits per heavy atom. The number of hydrogen-bond donors (Lipinski definition) is 1. The number of thioether (sulfide) groups is 1. The summed E-state index contributed by atoms with van der Waals surface area (Å²) in [5.41, 5.74) is 0.894. The molecule has 0 aliphatic carbocycles. The van der Waals surface area contributed by atoms with Crippen LogP contribution in [0.1, 0.15) is 13.3 Å². The zero-order chi connectivity index (χ0) is 12.1. The summed E-state index contributed by atoms with van der Waals surface area (Å²) in [5, 5.41) is 3.36. The predicted molar refractivity (Wildman–Crippen MR) is 71.5 cm³/mol. The standard InChI is InChI=1S/C13H18FNOS/c1-2-16-13-7-11(14)3-4-12(13)15-8-10-5-6-17-9-10/h3-4,7,10,15H,2,5-6,8-9H2,1H3. The molecule has 1 aromatic rings. The van der Waals surface area contributed by atoms with Gasteiger partial charge in [-0.25, -0.2) is 4.39 Å². The largest absolute Gasteiger partial charge is 0.492 e. The third kappa shape index (κ3) is 3.53. The molecule has 2 rings (SSSR count). The van der Waals surface area contributed by atoms with Crippen LogP contribution in [0.2, 0.25) is 0 Å². The van der Waals surface area contributed by atoms with Crippen LogP contribution in [-0.4, -0.2) is 24.7 Å². The highest BCUT2D eigenvalue weighted by atomic mass is 32.2. The molecule has 0 spiro atoms. The summed E-state index contributed by atoms with van der Waals surface area (Å²) in [6, 6.07) is 4.66. The molecule has 0 aromatic heterocycles. The molecule has 17 heavy (non-hydrogen) atoms. The van der Waals surface area contributed by atoms with Gasteiger partial charge in [0, 0.05) is 12.6 Å². The van der Waals surface area contributed by atoms with Crippen molar-refractivity contribution in [3.8, 4) is 5.75 Å². The van der Waals surface area contributed by atoms with Gasteiger partial charge in [-0.05, 0) is 42.9 Å². The molecule has 0 bridgehead atoms. The van der Waals surface area contributed by atoms with E-state index in [2.05, 4.69) is 5.32 Å². The Hall–Kier alpha value is -0.900. The fourth-order valence-corrected chi connectivity index (χ4v) is 3.20. The molecule has 1 heterocycles. The number of anilines is 1. The van der Waals surface area contributed by atoms with Crippen LogP contribution in [0.5, 0.6) is 5.75 Å². The third-order valence-electron chi connectivity index (χ3n) is 2.85. The lowest BCUT2D eigenvalue weighted by molar-refractivity contribution is 0.339. The SMILES string of the molecule is CCOc1cc(F)ccc1NCC1CCSC1. The van der Waals surface area contributed by atoms with Crippen molar-refractivity contribution in [1.29, 1.82) is 0 Å². The zero-order valence-corrected chi connectivity index (χ0v) is 10.9. The molecule has 0 saturated carbocycles. The molecular formula is C13H18FNOS. The lowest BCUT2D eigenvalue weighted by Gasteiger charge is -2.15. The van der Waals surface area contributed by atoms with E-state index in [1.54, 1.807) is 6.07 Å². The second-order valence-corrected chi connectivity index (χ2v) is 5.33. The quantitative estimate of drug-likeness (QED) is 0.871. The molecule has 1 N–H and O–H groups in total. The van der Waals surface area contributed by atoms with Crippen molar-refractivity contribution in [2.45, 2.75) is 13.3 Å². The summed E-state index contributed by atoms with van der Waals surface area (Å²) in [6.07, 6.45) is 1.27. The summed E-state index contributed by atoms with van der Waals surface area (Å²) < 4.78 is 18.5. The van der Waals surface area contributed by atoms with E-state index in [9.17, 15) is 4.39 Å². The fourth-order valence-electron chi connectivity index (χ4n) is 1.92. The molecule has 94 valence electrons. The first-order valence-corrected chi connectivity index (χ1v) is 7.19. The van der Waals surface area contributed by atoms with Gasteiger partial charge in [0.05, 0.1) is 12.3 Å². The number of hydrogen-bond acceptors (Lipinski definition) is 3. The minimum atomic E-state index is -0.254. The van der Waals surface area contributed by atoms with E-state index in [-0.39, 0.29) is 5.82 Å². The smallest absolute Gasteiger partial charge is 0.145 e. The Morgan fingerprint density at radius 2 is 2.41 bits per heavy atom. The minimum Gasteiger partial charge on any atom is -0.492 e. The zero-order valence-electron chi connectivity index (χ0n) is 10.0. The van der Waals surface area contributed by atoms with Crippen molar-refractivity contribution in [1.82, 2.24) is 0 Å². The van der Waals surface area contributed by atoms with Gasteiger partial charge in [-0.15, -0.1) is 0 Å². The van der Waals surface area contributed by atoms with Gasteiger partial charge in [0.2, 0.25) is 0 Å². The lowest BCUT2D eigenvalue weighted by atomic mass is 10.1. The molecule has 0 radical (unpaired) electrons. The molecule has 1 unspecified atom stereocenters. The molecule has 1 atom stereocenters. The van der Waals surface area contributed by atoms with Gasteiger partial charge in [0.1, 0.15) is 11.6 Å². The predicted octanol–water partition coefficient (Wildman–Crippen LogP) is 3.39. The van der Waals surface area contributed by atoms with E-state index in [1.807, 2.05) is 18.7 Å². The molecule has 1 aliphatic heterocycles. The van der Waals surface area contributed by atoms with Gasteiger partial charge in [0.15, 0.2) is 0 Å². The average molecular weight is 255 g/mol. The van der Waals surface area contributed by atoms with Crippen molar-refractivity contribution in [3.63, 3.8) is 0 Å². The summed E-state index contributed by atoms with van der Waals surface area (Å²) >= 11 is 2.00. The lowest BCUT2D eigenvalue weighted by Crippen LogP contribution is -2.14. The number of ether oxygens (including phenoxy) is 1. The molecule has 1 aliphatic rings. The van der Waals surface area contributed by atoms with Crippen LogP contribution in [0.25, 0.3) is 0 Å². The van der Waals surface area contributed by atoms with Gasteiger partial charge in [0.25, 0.3) is 0 Å². The van der Waals surface area contributed by atoms with Crippen LogP contribution in [-0.2, 0) is 0 Å². The Bertz CT molecular complexity index is 366. The first kappa shape index (κ1) is 12.6. The van der Waals surface area contributed by atoms with Gasteiger partial charge in [-0.3, -0.25) is 0 Å². The van der Waals surface area contributed by atoms with E-state index in [1.165, 1.54) is 30.1 Å². The molecule has 1 fully saturated rings. The van der Waals surface area contributed by atoms with E-state index < -0.39 is 0 Å². The summed E-state index contributed by atoms with van der Waals surface area (Å²) in [6.45, 7) is 3.40. The van der Waals surface area contributed by atoms with E-state index in [0.29, 0.717) is 12.4 Å². The maximum Gasteiger partial charge on any atom is 0.145 e. The summed E-state index contributed by atoms with van der Waals surface area (Å²) in [5.74, 6) is 3.56. The van der Waals surface area contributed by atoms with Crippen molar-refractivity contribution in [2.75, 3.05) is 30.0 Å². The molecular weight excluding hydrogens is 237 g/mol. The van der Waals surface area contributed by atoms with Crippen molar-refractivity contribution < 1.29 is 9.13 Å². The minimum absolute atomic E-state index is 0.254. The number of nitrogens with one attached hydrogen (secondary N) is 1. The number of halogens is 1. The Kier molecular flexibility index (Phi) is 4.54. The van der Waals surface area contributed by atoms with Crippen LogP contribution < -0.4 is 10.1 Å². The van der Waals surface area contributed by atoms with Crippen LogP contribution in [0.15, 0.2) is 18.2 Å². The monoisotopic (exact) mass is 255 g/mol. The van der Waals surface area contributed by atoms with Crippen LogP contribution in [0, 0.1) is 11.7 Å². The second kappa shape index (κ2) is 6.15. The maximum atomic E-state index is 13.1. The van der Waals surface area contributed by atoms with Crippen molar-refractivity contribution in [2.24, 2.45) is 5.92 Å². The third-order valence-corrected chi connectivity index (χ3v) is 4.08. The maximum absolute atomic E-state index is 13.1. The molecule has 4 heteroatoms. The van der Waals surface area contributed by atoms with Crippen molar-refractivity contribution in [3.05, 3.63) is 24.0 Å². The molecule has 0 amide bonds. The molecule has 1 saturated heterocycles. The summed E-state index contributed by atoms with van der Waals surface area (Å²) in [7, 11) is 0. The van der Waals surface area contributed by atoms with Gasteiger partial charge in [-0.2, -0.15) is 11.8 Å². The normalized spacial score (nSPS) is 19.3. The molecule has 2 nitrogen and oxygen atoms in total. The first-order valence-electron chi connectivity index (χ1n) is 6.03.